The van der Waals surface area contributed by atoms with E-state index in [1.807, 2.05) is 0 Å². The molecule has 2 nitrogen and oxygen atoms in total. The fourth-order valence-electron chi connectivity index (χ4n) is 1.07. The van der Waals surface area contributed by atoms with Crippen molar-refractivity contribution < 1.29 is 9.50 Å². The van der Waals surface area contributed by atoms with Crippen molar-refractivity contribution in [2.24, 2.45) is 5.92 Å². The van der Waals surface area contributed by atoms with Crippen LogP contribution in [0.2, 0.25) is 0 Å². The number of hydrogen-bond donors (Lipinski definition) is 2. The molecule has 0 aromatic rings. The van der Waals surface area contributed by atoms with Gasteiger partial charge in [0.05, 0.1) is 0 Å². The third-order valence-electron chi connectivity index (χ3n) is 1.75. The van der Waals surface area contributed by atoms with E-state index < -0.39 is 6.17 Å². The lowest BCUT2D eigenvalue weighted by molar-refractivity contribution is 0.111. The lowest BCUT2D eigenvalue weighted by Gasteiger charge is -2.24. The van der Waals surface area contributed by atoms with E-state index in [1.165, 1.54) is 0 Å². The number of aliphatic hydroxyl groups is 1. The van der Waals surface area contributed by atoms with Gasteiger partial charge in [0.2, 0.25) is 0 Å². The minimum absolute atomic E-state index is 0. The standard InChI is InChI=1S/C6H12FNO.ClH/c7-6-1-2-8-3-5(6)4-9;/h5-6,8-9H,1-4H2;1H. The van der Waals surface area contributed by atoms with Gasteiger partial charge in [-0.3, -0.25) is 0 Å². The Bertz CT molecular complexity index is 93.8. The van der Waals surface area contributed by atoms with Crippen molar-refractivity contribution >= 4 is 12.4 Å². The summed E-state index contributed by atoms with van der Waals surface area (Å²) in [6.07, 6.45) is -0.248. The Balaban J connectivity index is 0.000000810. The highest BCUT2D eigenvalue weighted by Crippen LogP contribution is 2.13. The average Bonchev–Trinajstić information content (AvgIpc) is 1.89. The summed E-state index contributed by atoms with van der Waals surface area (Å²) in [7, 11) is 0. The van der Waals surface area contributed by atoms with Gasteiger partial charge in [0.25, 0.3) is 0 Å². The summed E-state index contributed by atoms with van der Waals surface area (Å²) < 4.78 is 12.6. The first-order valence-corrected chi connectivity index (χ1v) is 3.30. The van der Waals surface area contributed by atoms with Crippen LogP contribution in [0.15, 0.2) is 0 Å². The molecule has 0 aliphatic carbocycles. The molecular formula is C6H13ClFNO. The summed E-state index contributed by atoms with van der Waals surface area (Å²) in [6, 6.07) is 0. The monoisotopic (exact) mass is 169 g/mol. The molecule has 0 bridgehead atoms. The third kappa shape index (κ3) is 2.40. The van der Waals surface area contributed by atoms with Crippen LogP contribution in [0.3, 0.4) is 0 Å². The van der Waals surface area contributed by atoms with Crippen molar-refractivity contribution in [1.82, 2.24) is 5.32 Å². The maximum Gasteiger partial charge on any atom is 0.108 e. The first-order valence-electron chi connectivity index (χ1n) is 3.30. The van der Waals surface area contributed by atoms with Crippen LogP contribution in [0.25, 0.3) is 0 Å². The van der Waals surface area contributed by atoms with Crippen LogP contribution in [0.1, 0.15) is 6.42 Å². The zero-order chi connectivity index (χ0) is 6.69. The summed E-state index contributed by atoms with van der Waals surface area (Å²) in [4.78, 5) is 0. The molecular weight excluding hydrogens is 157 g/mol. The molecule has 1 rings (SSSR count). The zero-order valence-electron chi connectivity index (χ0n) is 5.72. The summed E-state index contributed by atoms with van der Waals surface area (Å²) in [6.45, 7) is 1.34. The molecule has 2 atom stereocenters. The Morgan fingerprint density at radius 3 is 2.70 bits per heavy atom. The van der Waals surface area contributed by atoms with Gasteiger partial charge in [-0.2, -0.15) is 0 Å². The second-order valence-electron chi connectivity index (χ2n) is 2.45. The van der Waals surface area contributed by atoms with Gasteiger partial charge in [-0.15, -0.1) is 12.4 Å². The van der Waals surface area contributed by atoms with Gasteiger partial charge in [-0.1, -0.05) is 0 Å². The molecule has 2 unspecified atom stereocenters. The number of nitrogens with one attached hydrogen (secondary N) is 1. The molecule has 0 aromatic carbocycles. The molecule has 1 fully saturated rings. The van der Waals surface area contributed by atoms with Crippen LogP contribution in [0, 0.1) is 5.92 Å². The minimum Gasteiger partial charge on any atom is -0.396 e. The van der Waals surface area contributed by atoms with Crippen LogP contribution in [-0.2, 0) is 0 Å². The van der Waals surface area contributed by atoms with Crippen molar-refractivity contribution in [2.75, 3.05) is 19.7 Å². The second kappa shape index (κ2) is 4.88. The van der Waals surface area contributed by atoms with Gasteiger partial charge in [-0.25, -0.2) is 4.39 Å². The van der Waals surface area contributed by atoms with E-state index in [0.717, 1.165) is 6.54 Å². The topological polar surface area (TPSA) is 32.3 Å². The fraction of sp³-hybridized carbons (Fsp3) is 1.00. The largest absolute Gasteiger partial charge is 0.396 e. The molecule has 62 valence electrons. The Labute approximate surface area is 66.2 Å². The molecule has 0 amide bonds. The highest BCUT2D eigenvalue weighted by Gasteiger charge is 2.22. The normalized spacial score (nSPS) is 33.0. The molecule has 0 spiro atoms. The maximum atomic E-state index is 12.6. The number of hydrogen-bond acceptors (Lipinski definition) is 2. The Morgan fingerprint density at radius 1 is 1.60 bits per heavy atom. The number of aliphatic hydroxyl groups excluding tert-OH is 1. The predicted octanol–water partition coefficient (Wildman–Crippen LogP) is 0.348. The van der Waals surface area contributed by atoms with E-state index in [2.05, 4.69) is 5.32 Å². The quantitative estimate of drug-likeness (QED) is 0.594. The van der Waals surface area contributed by atoms with Gasteiger partial charge in [0.15, 0.2) is 0 Å². The minimum atomic E-state index is -0.795. The van der Waals surface area contributed by atoms with Gasteiger partial charge >= 0.3 is 0 Å². The fourth-order valence-corrected chi connectivity index (χ4v) is 1.07. The van der Waals surface area contributed by atoms with Crippen LogP contribution in [0.4, 0.5) is 4.39 Å². The van der Waals surface area contributed by atoms with Gasteiger partial charge < -0.3 is 10.4 Å². The number of rotatable bonds is 1. The van der Waals surface area contributed by atoms with E-state index in [-0.39, 0.29) is 24.9 Å². The molecule has 1 aliphatic heterocycles. The van der Waals surface area contributed by atoms with Crippen LogP contribution >= 0.6 is 12.4 Å². The molecule has 10 heavy (non-hydrogen) atoms. The lowest BCUT2D eigenvalue weighted by atomic mass is 9.99. The Morgan fingerprint density at radius 2 is 2.30 bits per heavy atom. The Kier molecular flexibility index (Phi) is 4.95. The van der Waals surface area contributed by atoms with E-state index in [1.54, 1.807) is 0 Å². The molecule has 1 heterocycles. The SMILES string of the molecule is Cl.OCC1CNCCC1F. The smallest absolute Gasteiger partial charge is 0.108 e. The summed E-state index contributed by atoms with van der Waals surface area (Å²) in [5.74, 6) is -0.168. The Hall–Kier alpha value is 0.140. The number of piperidine rings is 1. The summed E-state index contributed by atoms with van der Waals surface area (Å²) in [5.41, 5.74) is 0. The van der Waals surface area contributed by atoms with Crippen molar-refractivity contribution in [3.63, 3.8) is 0 Å². The van der Waals surface area contributed by atoms with Crippen LogP contribution in [0.5, 0.6) is 0 Å². The first kappa shape index (κ1) is 10.1. The van der Waals surface area contributed by atoms with Crippen LogP contribution < -0.4 is 5.32 Å². The predicted molar refractivity (Wildman–Crippen MR) is 40.2 cm³/mol. The van der Waals surface area contributed by atoms with Crippen LogP contribution in [-0.4, -0.2) is 31.0 Å². The first-order chi connectivity index (χ1) is 4.34. The van der Waals surface area contributed by atoms with Crippen molar-refractivity contribution in [3.05, 3.63) is 0 Å². The van der Waals surface area contributed by atoms with E-state index in [0.29, 0.717) is 13.0 Å². The van der Waals surface area contributed by atoms with E-state index in [4.69, 9.17) is 5.11 Å². The van der Waals surface area contributed by atoms with E-state index in [9.17, 15) is 4.39 Å². The molecule has 0 saturated carbocycles. The average molecular weight is 170 g/mol. The lowest BCUT2D eigenvalue weighted by Crippen LogP contribution is -2.39. The number of halogens is 2. The third-order valence-corrected chi connectivity index (χ3v) is 1.75. The van der Waals surface area contributed by atoms with Crippen molar-refractivity contribution in [1.29, 1.82) is 0 Å². The summed E-state index contributed by atoms with van der Waals surface area (Å²) >= 11 is 0. The van der Waals surface area contributed by atoms with Gasteiger partial charge in [0.1, 0.15) is 6.17 Å². The zero-order valence-corrected chi connectivity index (χ0v) is 6.53. The molecule has 1 saturated heterocycles. The second-order valence-corrected chi connectivity index (χ2v) is 2.45. The van der Waals surface area contributed by atoms with Gasteiger partial charge in [0, 0.05) is 19.1 Å². The molecule has 4 heteroatoms. The molecule has 2 N–H and O–H groups in total. The van der Waals surface area contributed by atoms with Crippen molar-refractivity contribution in [3.8, 4) is 0 Å². The van der Waals surface area contributed by atoms with Crippen molar-refractivity contribution in [2.45, 2.75) is 12.6 Å². The highest BCUT2D eigenvalue weighted by molar-refractivity contribution is 5.85. The molecule has 1 aliphatic rings. The maximum absolute atomic E-state index is 12.6. The summed E-state index contributed by atoms with van der Waals surface area (Å²) in [5, 5.41) is 11.6. The van der Waals surface area contributed by atoms with Gasteiger partial charge in [-0.05, 0) is 13.0 Å². The highest BCUT2D eigenvalue weighted by atomic mass is 35.5. The molecule has 0 aromatic heterocycles. The molecule has 0 radical (unpaired) electrons. The van der Waals surface area contributed by atoms with E-state index >= 15 is 0 Å². The number of alkyl halides is 1.